The van der Waals surface area contributed by atoms with E-state index >= 15 is 0 Å². The van der Waals surface area contributed by atoms with Crippen molar-refractivity contribution in [2.24, 2.45) is 0 Å². The second kappa shape index (κ2) is 3.08. The summed E-state index contributed by atoms with van der Waals surface area (Å²) in [6, 6.07) is -0.0548. The first kappa shape index (κ1) is 9.57. The normalized spacial score (nSPS) is 10.8. The molecule has 0 atom stereocenters. The number of carboxylic acids is 1. The van der Waals surface area contributed by atoms with E-state index in [9.17, 15) is 9.59 Å². The maximum absolute atomic E-state index is 11.0. The minimum atomic E-state index is -1.24. The van der Waals surface area contributed by atoms with Gasteiger partial charge in [0.15, 0.2) is 5.56 Å². The van der Waals surface area contributed by atoms with E-state index in [0.717, 1.165) is 0 Å². The molecule has 0 bridgehead atoms. The molecule has 0 aliphatic heterocycles. The Bertz CT molecular complexity index is 385. The van der Waals surface area contributed by atoms with Gasteiger partial charge in [0, 0.05) is 0 Å². The molecule has 0 spiro atoms. The van der Waals surface area contributed by atoms with Gasteiger partial charge in [-0.3, -0.25) is 0 Å². The first-order chi connectivity index (χ1) is 5.95. The van der Waals surface area contributed by atoms with Crippen molar-refractivity contribution in [2.75, 3.05) is 0 Å². The highest BCUT2D eigenvalue weighted by molar-refractivity contribution is 5.88. The molecule has 13 heavy (non-hydrogen) atoms. The Morgan fingerprint density at radius 2 is 2.08 bits per heavy atom. The van der Waals surface area contributed by atoms with E-state index in [1.54, 1.807) is 6.92 Å². The van der Waals surface area contributed by atoms with Crippen LogP contribution in [0.2, 0.25) is 0 Å². The van der Waals surface area contributed by atoms with Gasteiger partial charge in [0.25, 0.3) is 0 Å². The lowest BCUT2D eigenvalue weighted by atomic mass is 10.2. The van der Waals surface area contributed by atoms with Crippen LogP contribution in [0.15, 0.2) is 9.32 Å². The summed E-state index contributed by atoms with van der Waals surface area (Å²) in [5.74, 6) is -1.24. The topological polar surface area (TPSA) is 72.4 Å². The van der Waals surface area contributed by atoms with Gasteiger partial charge in [-0.2, -0.15) is 0 Å². The predicted molar refractivity (Wildman–Crippen MR) is 45.0 cm³/mol. The summed E-state index contributed by atoms with van der Waals surface area (Å²) in [5, 5.41) is 8.67. The highest BCUT2D eigenvalue weighted by Gasteiger charge is 2.20. The van der Waals surface area contributed by atoms with Gasteiger partial charge in [0.2, 0.25) is 0 Å². The van der Waals surface area contributed by atoms with Gasteiger partial charge >= 0.3 is 11.6 Å². The summed E-state index contributed by atoms with van der Waals surface area (Å²) in [6.07, 6.45) is 0. The van der Waals surface area contributed by atoms with E-state index in [4.69, 9.17) is 9.63 Å². The third kappa shape index (κ3) is 1.49. The van der Waals surface area contributed by atoms with E-state index in [2.05, 4.69) is 0 Å². The molecule has 0 saturated heterocycles. The van der Waals surface area contributed by atoms with Gasteiger partial charge < -0.3 is 9.63 Å². The fourth-order valence-electron chi connectivity index (χ4n) is 1.20. The molecular weight excluding hydrogens is 174 g/mol. The number of hydrogen-bond acceptors (Lipinski definition) is 3. The van der Waals surface area contributed by atoms with E-state index in [1.807, 2.05) is 13.8 Å². The molecule has 1 aromatic heterocycles. The van der Waals surface area contributed by atoms with Crippen LogP contribution >= 0.6 is 0 Å². The molecule has 1 rings (SSSR count). The lowest BCUT2D eigenvalue weighted by molar-refractivity contribution is 0.0693. The summed E-state index contributed by atoms with van der Waals surface area (Å²) in [7, 11) is 0. The van der Waals surface area contributed by atoms with Crippen LogP contribution in [0, 0.1) is 6.92 Å². The highest BCUT2D eigenvalue weighted by Crippen LogP contribution is 2.10. The quantitative estimate of drug-likeness (QED) is 0.746. The molecule has 1 aromatic rings. The fourth-order valence-corrected chi connectivity index (χ4v) is 1.20. The first-order valence-corrected chi connectivity index (χ1v) is 3.91. The van der Waals surface area contributed by atoms with Crippen molar-refractivity contribution in [1.82, 2.24) is 4.74 Å². The molecule has 5 nitrogen and oxygen atoms in total. The van der Waals surface area contributed by atoms with Crippen LogP contribution in [-0.4, -0.2) is 15.8 Å². The first-order valence-electron chi connectivity index (χ1n) is 3.91. The summed E-state index contributed by atoms with van der Waals surface area (Å²) in [5.41, 5.74) is -0.722. The van der Waals surface area contributed by atoms with Crippen molar-refractivity contribution < 1.29 is 14.4 Å². The summed E-state index contributed by atoms with van der Waals surface area (Å²) in [6.45, 7) is 5.16. The number of nitrogens with zero attached hydrogens (tertiary/aromatic N) is 1. The number of aromatic nitrogens is 1. The minimum Gasteiger partial charge on any atom is -0.477 e. The molecule has 0 aromatic carbocycles. The number of carboxylic acid groups (broad SMARTS) is 1. The van der Waals surface area contributed by atoms with E-state index in [0.29, 0.717) is 5.69 Å². The van der Waals surface area contributed by atoms with Gasteiger partial charge in [-0.15, -0.1) is 0 Å². The van der Waals surface area contributed by atoms with Crippen LogP contribution in [0.25, 0.3) is 0 Å². The van der Waals surface area contributed by atoms with Gasteiger partial charge in [0.1, 0.15) is 0 Å². The number of rotatable bonds is 2. The monoisotopic (exact) mass is 185 g/mol. The Hall–Kier alpha value is -1.52. The van der Waals surface area contributed by atoms with Crippen LogP contribution in [0.1, 0.15) is 35.9 Å². The molecule has 0 fully saturated rings. The lowest BCUT2D eigenvalue weighted by Crippen LogP contribution is -2.09. The summed E-state index contributed by atoms with van der Waals surface area (Å²) < 4.78 is 6.05. The molecule has 5 heteroatoms. The van der Waals surface area contributed by atoms with E-state index in [-0.39, 0.29) is 11.6 Å². The van der Waals surface area contributed by atoms with Crippen LogP contribution in [0.3, 0.4) is 0 Å². The molecule has 0 unspecified atom stereocenters. The van der Waals surface area contributed by atoms with Crippen LogP contribution in [0.4, 0.5) is 0 Å². The van der Waals surface area contributed by atoms with Crippen molar-refractivity contribution >= 4 is 5.97 Å². The summed E-state index contributed by atoms with van der Waals surface area (Å²) >= 11 is 0. The predicted octanol–water partition coefficient (Wildman–Crippen LogP) is 1.03. The standard InChI is InChI=1S/C8H11NO4/c1-4(2)9-5(3)6(7(10)11)8(12)13-9/h4H,1-3H3,(H,10,11). The largest absolute Gasteiger partial charge is 0.477 e. The lowest BCUT2D eigenvalue weighted by Gasteiger charge is -2.05. The van der Waals surface area contributed by atoms with Gasteiger partial charge in [-0.05, 0) is 20.8 Å². The van der Waals surface area contributed by atoms with Gasteiger partial charge in [-0.1, -0.05) is 0 Å². The average Bonchev–Trinajstić information content (AvgIpc) is 2.26. The minimum absolute atomic E-state index is 0.0548. The zero-order valence-corrected chi connectivity index (χ0v) is 7.70. The Kier molecular flexibility index (Phi) is 2.27. The Balaban J connectivity index is 3.39. The number of hydrogen-bond donors (Lipinski definition) is 1. The molecule has 0 aliphatic rings. The van der Waals surface area contributed by atoms with Crippen molar-refractivity contribution in [3.63, 3.8) is 0 Å². The van der Waals surface area contributed by atoms with Gasteiger partial charge in [0.05, 0.1) is 11.7 Å². The smallest absolute Gasteiger partial charge is 0.372 e. The molecular formula is C8H11NO4. The molecule has 0 saturated carbocycles. The zero-order valence-electron chi connectivity index (χ0n) is 7.70. The average molecular weight is 185 g/mol. The molecule has 1 heterocycles. The third-order valence-electron chi connectivity index (χ3n) is 1.76. The molecule has 72 valence electrons. The SMILES string of the molecule is Cc1c(C(=O)O)c(=O)on1C(C)C. The van der Waals surface area contributed by atoms with Crippen molar-refractivity contribution in [3.05, 3.63) is 21.7 Å². The molecule has 0 amide bonds. The summed E-state index contributed by atoms with van der Waals surface area (Å²) in [4.78, 5) is 21.6. The molecule has 0 radical (unpaired) electrons. The highest BCUT2D eigenvalue weighted by atomic mass is 16.5. The third-order valence-corrected chi connectivity index (χ3v) is 1.76. The number of carbonyl (C=O) groups is 1. The van der Waals surface area contributed by atoms with Crippen molar-refractivity contribution in [3.8, 4) is 0 Å². The fraction of sp³-hybridized carbons (Fsp3) is 0.500. The Morgan fingerprint density at radius 3 is 2.31 bits per heavy atom. The van der Waals surface area contributed by atoms with E-state index in [1.165, 1.54) is 4.74 Å². The second-order valence-corrected chi connectivity index (χ2v) is 3.06. The van der Waals surface area contributed by atoms with Crippen LogP contribution in [0.5, 0.6) is 0 Å². The molecule has 0 aliphatic carbocycles. The molecule has 1 N–H and O–H groups in total. The maximum Gasteiger partial charge on any atom is 0.372 e. The maximum atomic E-state index is 11.0. The Labute approximate surface area is 74.5 Å². The number of aromatic carboxylic acids is 1. The van der Waals surface area contributed by atoms with Crippen LogP contribution in [-0.2, 0) is 0 Å². The zero-order chi connectivity index (χ0) is 10.2. The second-order valence-electron chi connectivity index (χ2n) is 3.06. The Morgan fingerprint density at radius 1 is 1.54 bits per heavy atom. The van der Waals surface area contributed by atoms with Crippen LogP contribution < -0.4 is 5.63 Å². The van der Waals surface area contributed by atoms with Crippen molar-refractivity contribution in [2.45, 2.75) is 26.8 Å². The van der Waals surface area contributed by atoms with Gasteiger partial charge in [-0.25, -0.2) is 14.3 Å². The van der Waals surface area contributed by atoms with Crippen molar-refractivity contribution in [1.29, 1.82) is 0 Å². The van der Waals surface area contributed by atoms with E-state index < -0.39 is 11.6 Å².